The van der Waals surface area contributed by atoms with Crippen molar-refractivity contribution < 1.29 is 4.74 Å². The van der Waals surface area contributed by atoms with Crippen LogP contribution in [0.5, 0.6) is 0 Å². The van der Waals surface area contributed by atoms with E-state index in [1.54, 1.807) is 11.3 Å². The summed E-state index contributed by atoms with van der Waals surface area (Å²) in [4.78, 5) is 0.966. The van der Waals surface area contributed by atoms with Gasteiger partial charge in [0.25, 0.3) is 0 Å². The maximum atomic E-state index is 6.21. The van der Waals surface area contributed by atoms with Crippen LogP contribution in [0.4, 0.5) is 0 Å². The summed E-state index contributed by atoms with van der Waals surface area (Å²) < 4.78 is 6.16. The number of halogens is 2. The molecule has 0 saturated carbocycles. The van der Waals surface area contributed by atoms with Crippen LogP contribution in [0, 0.1) is 0 Å². The molecular weight excluding hydrogens is 247 g/mol. The molecular formula is C7H6BrClOS. The van der Waals surface area contributed by atoms with Crippen molar-refractivity contribution in [1.29, 1.82) is 0 Å². The first-order chi connectivity index (χ1) is 5.21. The molecule has 60 valence electrons. The molecule has 0 spiro atoms. The molecule has 11 heavy (non-hydrogen) atoms. The Morgan fingerprint density at radius 2 is 2.36 bits per heavy atom. The highest BCUT2D eigenvalue weighted by atomic mass is 79.9. The lowest BCUT2D eigenvalue weighted by molar-refractivity contribution is -0.0136. The van der Waals surface area contributed by atoms with Gasteiger partial charge >= 0.3 is 0 Å². The maximum absolute atomic E-state index is 6.21. The van der Waals surface area contributed by atoms with Crippen molar-refractivity contribution in [2.24, 2.45) is 0 Å². The Labute approximate surface area is 82.4 Å². The molecule has 1 nitrogen and oxygen atoms in total. The molecule has 0 atom stereocenters. The van der Waals surface area contributed by atoms with Crippen LogP contribution in [-0.4, -0.2) is 13.2 Å². The average molecular weight is 254 g/mol. The third kappa shape index (κ3) is 1.35. The fourth-order valence-electron chi connectivity index (χ4n) is 0.972. The average Bonchev–Trinajstić information content (AvgIpc) is 2.31. The summed E-state index contributed by atoms with van der Waals surface area (Å²) in [5, 5.41) is 2.04. The summed E-state index contributed by atoms with van der Waals surface area (Å²) in [5.41, 5.74) is 0. The molecule has 1 aromatic rings. The summed E-state index contributed by atoms with van der Waals surface area (Å²) in [5.74, 6) is 0. The van der Waals surface area contributed by atoms with Gasteiger partial charge < -0.3 is 4.74 Å². The highest BCUT2D eigenvalue weighted by molar-refractivity contribution is 9.10. The molecule has 0 amide bonds. The Bertz CT molecular complexity index is 269. The lowest BCUT2D eigenvalue weighted by Gasteiger charge is -2.34. The van der Waals surface area contributed by atoms with Gasteiger partial charge in [0.05, 0.1) is 13.2 Å². The van der Waals surface area contributed by atoms with E-state index >= 15 is 0 Å². The Morgan fingerprint density at radius 3 is 2.73 bits per heavy atom. The quantitative estimate of drug-likeness (QED) is 0.699. The molecule has 1 aromatic heterocycles. The number of hydrogen-bond acceptors (Lipinski definition) is 2. The van der Waals surface area contributed by atoms with Gasteiger partial charge in [0.2, 0.25) is 0 Å². The van der Waals surface area contributed by atoms with Crippen LogP contribution < -0.4 is 0 Å². The van der Waals surface area contributed by atoms with Crippen LogP contribution in [0.3, 0.4) is 0 Å². The Morgan fingerprint density at radius 1 is 1.64 bits per heavy atom. The standard InChI is InChI=1S/C7H6BrClOS/c8-5-1-6(11-2-5)7(9)3-10-4-7/h1-2H,3-4H2. The number of hydrogen-bond donors (Lipinski definition) is 0. The molecule has 0 N–H and O–H groups in total. The second kappa shape index (κ2) is 2.73. The van der Waals surface area contributed by atoms with Gasteiger partial charge in [0, 0.05) is 14.7 Å². The predicted octanol–water partition coefficient (Wildman–Crippen LogP) is 2.97. The van der Waals surface area contributed by atoms with E-state index in [2.05, 4.69) is 22.0 Å². The maximum Gasteiger partial charge on any atom is 0.125 e. The highest BCUT2D eigenvalue weighted by Gasteiger charge is 2.39. The van der Waals surface area contributed by atoms with Crippen LogP contribution in [0.25, 0.3) is 0 Å². The van der Waals surface area contributed by atoms with Gasteiger partial charge in [0.15, 0.2) is 0 Å². The fourth-order valence-corrected chi connectivity index (χ4v) is 2.81. The third-order valence-corrected chi connectivity index (χ3v) is 4.10. The molecule has 0 unspecified atom stereocenters. The summed E-state index contributed by atoms with van der Waals surface area (Å²) in [6, 6.07) is 2.06. The van der Waals surface area contributed by atoms with E-state index in [4.69, 9.17) is 16.3 Å². The van der Waals surface area contributed by atoms with E-state index in [0.29, 0.717) is 13.2 Å². The molecule has 0 aromatic carbocycles. The molecule has 2 heterocycles. The van der Waals surface area contributed by atoms with E-state index in [0.717, 1.165) is 4.47 Å². The summed E-state index contributed by atoms with van der Waals surface area (Å²) in [6.45, 7) is 1.28. The number of rotatable bonds is 1. The van der Waals surface area contributed by atoms with Crippen molar-refractivity contribution in [1.82, 2.24) is 0 Å². The number of alkyl halides is 1. The molecule has 0 radical (unpaired) electrons. The van der Waals surface area contributed by atoms with Gasteiger partial charge in [-0.1, -0.05) is 0 Å². The van der Waals surface area contributed by atoms with Crippen LogP contribution in [0.15, 0.2) is 15.9 Å². The summed E-state index contributed by atoms with van der Waals surface area (Å²) >= 11 is 11.3. The lowest BCUT2D eigenvalue weighted by Crippen LogP contribution is -2.40. The highest BCUT2D eigenvalue weighted by Crippen LogP contribution is 2.40. The second-order valence-corrected chi connectivity index (χ2v) is 5.14. The Kier molecular flexibility index (Phi) is 2.00. The van der Waals surface area contributed by atoms with E-state index in [1.165, 1.54) is 4.88 Å². The van der Waals surface area contributed by atoms with E-state index in [9.17, 15) is 0 Å². The minimum Gasteiger partial charge on any atom is -0.377 e. The third-order valence-electron chi connectivity index (χ3n) is 1.67. The van der Waals surface area contributed by atoms with Crippen molar-refractivity contribution in [2.45, 2.75) is 4.87 Å². The van der Waals surface area contributed by atoms with E-state index in [1.807, 2.05) is 5.38 Å². The van der Waals surface area contributed by atoms with Gasteiger partial charge in [0.1, 0.15) is 4.87 Å². The molecule has 1 saturated heterocycles. The van der Waals surface area contributed by atoms with Crippen molar-refractivity contribution in [3.63, 3.8) is 0 Å². The van der Waals surface area contributed by atoms with E-state index in [-0.39, 0.29) is 4.87 Å². The molecule has 0 aliphatic carbocycles. The van der Waals surface area contributed by atoms with Crippen molar-refractivity contribution in [2.75, 3.05) is 13.2 Å². The van der Waals surface area contributed by atoms with Crippen LogP contribution in [-0.2, 0) is 9.61 Å². The molecule has 4 heteroatoms. The summed E-state index contributed by atoms with van der Waals surface area (Å²) in [6.07, 6.45) is 0. The van der Waals surface area contributed by atoms with Gasteiger partial charge in [-0.3, -0.25) is 0 Å². The molecule has 0 bridgehead atoms. The lowest BCUT2D eigenvalue weighted by atomic mass is 10.1. The molecule has 2 rings (SSSR count). The second-order valence-electron chi connectivity index (χ2n) is 2.59. The van der Waals surface area contributed by atoms with Gasteiger partial charge in [-0.05, 0) is 22.0 Å². The van der Waals surface area contributed by atoms with Gasteiger partial charge in [-0.15, -0.1) is 22.9 Å². The first-order valence-corrected chi connectivity index (χ1v) is 5.27. The minimum atomic E-state index is -0.226. The smallest absolute Gasteiger partial charge is 0.125 e. The van der Waals surface area contributed by atoms with Gasteiger partial charge in [-0.2, -0.15) is 0 Å². The minimum absolute atomic E-state index is 0.226. The predicted molar refractivity (Wildman–Crippen MR) is 50.4 cm³/mol. The molecule has 1 aliphatic rings. The van der Waals surface area contributed by atoms with Crippen molar-refractivity contribution in [3.05, 3.63) is 20.8 Å². The topological polar surface area (TPSA) is 9.23 Å². The SMILES string of the molecule is ClC1(c2cc(Br)cs2)COC1. The van der Waals surface area contributed by atoms with Crippen LogP contribution >= 0.6 is 38.9 Å². The fraction of sp³-hybridized carbons (Fsp3) is 0.429. The van der Waals surface area contributed by atoms with Crippen molar-refractivity contribution in [3.8, 4) is 0 Å². The first kappa shape index (κ1) is 8.05. The zero-order valence-corrected chi connectivity index (χ0v) is 8.80. The van der Waals surface area contributed by atoms with Gasteiger partial charge in [-0.25, -0.2) is 0 Å². The zero-order chi connectivity index (χ0) is 7.90. The molecule has 1 fully saturated rings. The monoisotopic (exact) mass is 252 g/mol. The largest absolute Gasteiger partial charge is 0.377 e. The summed E-state index contributed by atoms with van der Waals surface area (Å²) in [7, 11) is 0. The Balaban J connectivity index is 2.28. The zero-order valence-electron chi connectivity index (χ0n) is 5.64. The van der Waals surface area contributed by atoms with Crippen LogP contribution in [0.2, 0.25) is 0 Å². The van der Waals surface area contributed by atoms with E-state index < -0.39 is 0 Å². The first-order valence-electron chi connectivity index (χ1n) is 3.22. The van der Waals surface area contributed by atoms with Crippen molar-refractivity contribution >= 4 is 38.9 Å². The molecule has 1 aliphatic heterocycles. The Hall–Kier alpha value is 0.430. The van der Waals surface area contributed by atoms with Crippen LogP contribution in [0.1, 0.15) is 4.88 Å². The number of thiophene rings is 1. The number of ether oxygens (including phenoxy) is 1. The normalized spacial score (nSPS) is 21.3.